The summed E-state index contributed by atoms with van der Waals surface area (Å²) in [7, 11) is 0. The van der Waals surface area contributed by atoms with Crippen molar-refractivity contribution in [1.29, 1.82) is 0 Å². The minimum absolute atomic E-state index is 0.0368. The van der Waals surface area contributed by atoms with E-state index in [2.05, 4.69) is 20.3 Å². The van der Waals surface area contributed by atoms with Crippen LogP contribution in [0.5, 0.6) is 0 Å². The Morgan fingerprint density at radius 2 is 1.91 bits per heavy atom. The average molecular weight is 314 g/mol. The van der Waals surface area contributed by atoms with Crippen molar-refractivity contribution in [2.75, 3.05) is 18.0 Å². The third-order valence-corrected chi connectivity index (χ3v) is 4.06. The lowest BCUT2D eigenvalue weighted by molar-refractivity contribution is -0.119. The first-order valence-corrected chi connectivity index (χ1v) is 7.90. The molecule has 1 aliphatic heterocycles. The smallest absolute Gasteiger partial charge is 0.217 e. The maximum atomic E-state index is 11.1. The Hall–Kier alpha value is -2.44. The second kappa shape index (κ2) is 6.36. The van der Waals surface area contributed by atoms with Gasteiger partial charge in [0.1, 0.15) is 5.82 Å². The largest absolute Gasteiger partial charge is 0.355 e. The van der Waals surface area contributed by atoms with E-state index in [1.807, 2.05) is 24.6 Å². The molecule has 7 nitrogen and oxygen atoms in total. The van der Waals surface area contributed by atoms with Gasteiger partial charge >= 0.3 is 0 Å². The molecule has 1 amide bonds. The number of nitrogens with one attached hydrogen (secondary N) is 1. The lowest BCUT2D eigenvalue weighted by Gasteiger charge is -2.32. The van der Waals surface area contributed by atoms with Gasteiger partial charge in [-0.15, -0.1) is 0 Å². The van der Waals surface area contributed by atoms with Crippen LogP contribution in [0.1, 0.15) is 31.2 Å². The third kappa shape index (κ3) is 3.49. The van der Waals surface area contributed by atoms with Crippen LogP contribution in [0.15, 0.2) is 18.5 Å². The zero-order chi connectivity index (χ0) is 16.4. The predicted molar refractivity (Wildman–Crippen MR) is 87.7 cm³/mol. The number of hydrogen-bond acceptors (Lipinski definition) is 5. The van der Waals surface area contributed by atoms with Gasteiger partial charge < -0.3 is 10.2 Å². The summed E-state index contributed by atoms with van der Waals surface area (Å²) in [6, 6.07) is 2.28. The number of amides is 1. The van der Waals surface area contributed by atoms with Crippen LogP contribution < -0.4 is 10.2 Å². The maximum absolute atomic E-state index is 11.1. The van der Waals surface area contributed by atoms with E-state index >= 15 is 0 Å². The lowest BCUT2D eigenvalue weighted by atomic mass is 10.1. The molecule has 3 heterocycles. The summed E-state index contributed by atoms with van der Waals surface area (Å²) in [6.45, 7) is 7.26. The molecule has 2 aromatic heterocycles. The maximum Gasteiger partial charge on any atom is 0.217 e. The molecular formula is C16H22N6O. The highest BCUT2D eigenvalue weighted by atomic mass is 16.1. The van der Waals surface area contributed by atoms with Crippen LogP contribution in [0.25, 0.3) is 5.82 Å². The van der Waals surface area contributed by atoms with Gasteiger partial charge in [-0.3, -0.25) is 9.78 Å². The van der Waals surface area contributed by atoms with Gasteiger partial charge in [0.05, 0.1) is 18.1 Å². The first-order chi connectivity index (χ1) is 11.0. The Morgan fingerprint density at radius 1 is 1.22 bits per heavy atom. The van der Waals surface area contributed by atoms with Crippen LogP contribution in [0.2, 0.25) is 0 Å². The normalized spacial score (nSPS) is 15.7. The van der Waals surface area contributed by atoms with Crippen LogP contribution in [0.4, 0.5) is 5.82 Å². The Balaban J connectivity index is 1.74. The van der Waals surface area contributed by atoms with Crippen LogP contribution >= 0.6 is 0 Å². The van der Waals surface area contributed by atoms with Crippen molar-refractivity contribution in [3.63, 3.8) is 0 Å². The number of hydrogen-bond donors (Lipinski definition) is 1. The summed E-state index contributed by atoms with van der Waals surface area (Å²) in [5, 5.41) is 7.45. The highest BCUT2D eigenvalue weighted by Gasteiger charge is 2.21. The molecule has 3 rings (SSSR count). The second-order valence-corrected chi connectivity index (χ2v) is 6.04. The van der Waals surface area contributed by atoms with Crippen molar-refractivity contribution in [2.45, 2.75) is 39.7 Å². The van der Waals surface area contributed by atoms with Crippen molar-refractivity contribution in [2.24, 2.45) is 0 Å². The van der Waals surface area contributed by atoms with E-state index in [1.165, 1.54) is 0 Å². The molecule has 0 unspecified atom stereocenters. The number of aromatic nitrogens is 4. The SMILES string of the molecule is CC(=O)NC1CCN(c2cncc(-n3nc(C)cc3C)n2)CC1. The van der Waals surface area contributed by atoms with Gasteiger partial charge in [0.25, 0.3) is 0 Å². The van der Waals surface area contributed by atoms with Gasteiger partial charge in [-0.05, 0) is 32.8 Å². The lowest BCUT2D eigenvalue weighted by Crippen LogP contribution is -2.44. The highest BCUT2D eigenvalue weighted by Crippen LogP contribution is 2.19. The first kappa shape index (κ1) is 15.5. The minimum atomic E-state index is 0.0368. The van der Waals surface area contributed by atoms with Crippen molar-refractivity contribution in [3.8, 4) is 5.82 Å². The van der Waals surface area contributed by atoms with E-state index in [0.29, 0.717) is 0 Å². The quantitative estimate of drug-likeness (QED) is 0.926. The molecule has 122 valence electrons. The highest BCUT2D eigenvalue weighted by molar-refractivity contribution is 5.73. The van der Waals surface area contributed by atoms with E-state index in [4.69, 9.17) is 4.98 Å². The fourth-order valence-corrected chi connectivity index (χ4v) is 3.00. The minimum Gasteiger partial charge on any atom is -0.355 e. The van der Waals surface area contributed by atoms with E-state index in [-0.39, 0.29) is 11.9 Å². The topological polar surface area (TPSA) is 75.9 Å². The molecule has 2 aromatic rings. The number of carbonyl (C=O) groups excluding carboxylic acids is 1. The molecule has 23 heavy (non-hydrogen) atoms. The van der Waals surface area contributed by atoms with Gasteiger partial charge in [-0.1, -0.05) is 0 Å². The Labute approximate surface area is 135 Å². The average Bonchev–Trinajstić information content (AvgIpc) is 2.86. The molecule has 1 fully saturated rings. The molecule has 1 saturated heterocycles. The summed E-state index contributed by atoms with van der Waals surface area (Å²) in [4.78, 5) is 22.4. The molecule has 0 spiro atoms. The molecular weight excluding hydrogens is 292 g/mol. The molecule has 0 aromatic carbocycles. The summed E-state index contributed by atoms with van der Waals surface area (Å²) in [5.74, 6) is 1.63. The van der Waals surface area contributed by atoms with Gasteiger partial charge in [0, 0.05) is 31.7 Å². The van der Waals surface area contributed by atoms with E-state index in [0.717, 1.165) is 49.0 Å². The number of nitrogens with zero attached hydrogens (tertiary/aromatic N) is 5. The van der Waals surface area contributed by atoms with Gasteiger partial charge in [-0.2, -0.15) is 5.10 Å². The summed E-state index contributed by atoms with van der Waals surface area (Å²) in [6.07, 6.45) is 5.36. The van der Waals surface area contributed by atoms with Crippen LogP contribution in [0.3, 0.4) is 0 Å². The summed E-state index contributed by atoms with van der Waals surface area (Å²) in [5.41, 5.74) is 2.00. The number of piperidine rings is 1. The van der Waals surface area contributed by atoms with Crippen molar-refractivity contribution >= 4 is 11.7 Å². The number of aryl methyl sites for hydroxylation is 2. The van der Waals surface area contributed by atoms with Gasteiger partial charge in [-0.25, -0.2) is 9.67 Å². The molecule has 1 N–H and O–H groups in total. The fourth-order valence-electron chi connectivity index (χ4n) is 3.00. The van der Waals surface area contributed by atoms with E-state index in [9.17, 15) is 4.79 Å². The van der Waals surface area contributed by atoms with Crippen LogP contribution in [-0.2, 0) is 4.79 Å². The summed E-state index contributed by atoms with van der Waals surface area (Å²) >= 11 is 0. The molecule has 0 saturated carbocycles. The number of anilines is 1. The van der Waals surface area contributed by atoms with Gasteiger partial charge in [0.2, 0.25) is 5.91 Å². The predicted octanol–water partition coefficient (Wildman–Crippen LogP) is 1.38. The zero-order valence-corrected chi connectivity index (χ0v) is 13.8. The van der Waals surface area contributed by atoms with Crippen molar-refractivity contribution in [1.82, 2.24) is 25.1 Å². The van der Waals surface area contributed by atoms with Crippen LogP contribution in [0, 0.1) is 13.8 Å². The number of carbonyl (C=O) groups is 1. The first-order valence-electron chi connectivity index (χ1n) is 7.90. The Bertz CT molecular complexity index is 702. The number of rotatable bonds is 3. The second-order valence-electron chi connectivity index (χ2n) is 6.04. The summed E-state index contributed by atoms with van der Waals surface area (Å²) < 4.78 is 1.82. The molecule has 0 radical (unpaired) electrons. The molecule has 7 heteroatoms. The molecule has 0 atom stereocenters. The standard InChI is InChI=1S/C16H22N6O/c1-11-8-12(2)22(20-11)16-10-17-9-15(19-16)21-6-4-14(5-7-21)18-13(3)23/h8-10,14H,4-7H2,1-3H3,(H,18,23). The third-order valence-electron chi connectivity index (χ3n) is 4.06. The van der Waals surface area contributed by atoms with Crippen molar-refractivity contribution < 1.29 is 4.79 Å². The fraction of sp³-hybridized carbons (Fsp3) is 0.500. The van der Waals surface area contributed by atoms with Crippen LogP contribution in [-0.4, -0.2) is 44.8 Å². The molecule has 0 aliphatic carbocycles. The Kier molecular flexibility index (Phi) is 4.27. The zero-order valence-electron chi connectivity index (χ0n) is 13.8. The molecule has 1 aliphatic rings. The van der Waals surface area contributed by atoms with E-state index < -0.39 is 0 Å². The van der Waals surface area contributed by atoms with E-state index in [1.54, 1.807) is 19.3 Å². The Morgan fingerprint density at radius 3 is 2.52 bits per heavy atom. The molecule has 0 bridgehead atoms. The van der Waals surface area contributed by atoms with Gasteiger partial charge in [0.15, 0.2) is 5.82 Å². The monoisotopic (exact) mass is 314 g/mol. The van der Waals surface area contributed by atoms with Crippen molar-refractivity contribution in [3.05, 3.63) is 29.8 Å².